The van der Waals surface area contributed by atoms with Crippen LogP contribution in [0.5, 0.6) is 0 Å². The molecule has 88 valence electrons. The number of nitrogens with one attached hydrogen (secondary N) is 1. The summed E-state index contributed by atoms with van der Waals surface area (Å²) in [6, 6.07) is 9.09. The Morgan fingerprint density at radius 1 is 1.19 bits per heavy atom. The first-order valence-corrected chi connectivity index (χ1v) is 6.40. The number of halogens is 1. The lowest BCUT2D eigenvalue weighted by atomic mass is 9.98. The van der Waals surface area contributed by atoms with E-state index >= 15 is 0 Å². The zero-order valence-corrected chi connectivity index (χ0v) is 11.0. The molecule has 0 aromatic heterocycles. The van der Waals surface area contributed by atoms with Gasteiger partial charge in [0.1, 0.15) is 0 Å². The minimum Gasteiger partial charge on any atom is -0.307 e. The van der Waals surface area contributed by atoms with E-state index < -0.39 is 0 Å². The van der Waals surface area contributed by atoms with E-state index in [0.717, 1.165) is 5.02 Å². The minimum atomic E-state index is 0.393. The SMILES string of the molecule is CC(N[C@H](C)c1ccc(Cl)cc1)C1(C)CC1. The van der Waals surface area contributed by atoms with Crippen molar-refractivity contribution >= 4 is 11.6 Å². The number of hydrogen-bond acceptors (Lipinski definition) is 1. The van der Waals surface area contributed by atoms with Crippen LogP contribution in [0.25, 0.3) is 0 Å². The third-order valence-electron chi connectivity index (χ3n) is 3.95. The normalized spacial score (nSPS) is 21.5. The molecule has 1 N–H and O–H groups in total. The predicted molar refractivity (Wildman–Crippen MR) is 69.8 cm³/mol. The van der Waals surface area contributed by atoms with Gasteiger partial charge >= 0.3 is 0 Å². The topological polar surface area (TPSA) is 12.0 Å². The molecule has 1 fully saturated rings. The van der Waals surface area contributed by atoms with Crippen LogP contribution in [0.1, 0.15) is 45.2 Å². The van der Waals surface area contributed by atoms with Crippen LogP contribution in [0.3, 0.4) is 0 Å². The minimum absolute atomic E-state index is 0.393. The molecule has 1 nitrogen and oxygen atoms in total. The van der Waals surface area contributed by atoms with Gasteiger partial charge in [0.25, 0.3) is 0 Å². The quantitative estimate of drug-likeness (QED) is 0.829. The monoisotopic (exact) mass is 237 g/mol. The summed E-state index contributed by atoms with van der Waals surface area (Å²) in [5, 5.41) is 4.48. The van der Waals surface area contributed by atoms with Crippen LogP contribution in [0.2, 0.25) is 5.02 Å². The molecule has 0 bridgehead atoms. The maximum Gasteiger partial charge on any atom is 0.0406 e. The number of benzene rings is 1. The largest absolute Gasteiger partial charge is 0.307 e. The van der Waals surface area contributed by atoms with Crippen LogP contribution in [0.4, 0.5) is 0 Å². The smallest absolute Gasteiger partial charge is 0.0406 e. The van der Waals surface area contributed by atoms with Crippen molar-refractivity contribution in [1.82, 2.24) is 5.32 Å². The summed E-state index contributed by atoms with van der Waals surface area (Å²) >= 11 is 5.88. The lowest BCUT2D eigenvalue weighted by Crippen LogP contribution is -2.35. The van der Waals surface area contributed by atoms with Crippen LogP contribution in [-0.4, -0.2) is 6.04 Å². The molecule has 1 aliphatic rings. The third-order valence-corrected chi connectivity index (χ3v) is 4.21. The van der Waals surface area contributed by atoms with E-state index in [1.165, 1.54) is 18.4 Å². The standard InChI is InChI=1S/C14H20ClN/c1-10(12-4-6-13(15)7-5-12)16-11(2)14(3)8-9-14/h4-7,10-11,16H,8-9H2,1-3H3/t10-,11?/m1/s1. The maximum absolute atomic E-state index is 5.88. The van der Waals surface area contributed by atoms with Crippen molar-refractivity contribution in [2.45, 2.75) is 45.7 Å². The van der Waals surface area contributed by atoms with Gasteiger partial charge in [-0.2, -0.15) is 0 Å². The summed E-state index contributed by atoms with van der Waals surface area (Å²) in [6.45, 7) is 6.87. The third kappa shape index (κ3) is 2.58. The fourth-order valence-corrected chi connectivity index (χ4v) is 2.18. The van der Waals surface area contributed by atoms with E-state index in [1.54, 1.807) is 0 Å². The molecule has 0 radical (unpaired) electrons. The lowest BCUT2D eigenvalue weighted by molar-refractivity contribution is 0.350. The molecule has 1 aromatic rings. The fraction of sp³-hybridized carbons (Fsp3) is 0.571. The second-order valence-corrected chi connectivity index (χ2v) is 5.75. The highest BCUT2D eigenvalue weighted by Crippen LogP contribution is 2.48. The van der Waals surface area contributed by atoms with Gasteiger partial charge < -0.3 is 5.32 Å². The second kappa shape index (κ2) is 4.38. The van der Waals surface area contributed by atoms with Crippen molar-refractivity contribution in [2.75, 3.05) is 0 Å². The molecule has 16 heavy (non-hydrogen) atoms. The fourth-order valence-electron chi connectivity index (χ4n) is 2.05. The van der Waals surface area contributed by atoms with Crippen LogP contribution < -0.4 is 5.32 Å². The number of hydrogen-bond donors (Lipinski definition) is 1. The van der Waals surface area contributed by atoms with E-state index in [0.29, 0.717) is 17.5 Å². The molecule has 0 spiro atoms. The zero-order chi connectivity index (χ0) is 11.8. The van der Waals surface area contributed by atoms with Crippen LogP contribution in [0.15, 0.2) is 24.3 Å². The molecule has 1 aliphatic carbocycles. The Kier molecular flexibility index (Phi) is 3.27. The highest BCUT2D eigenvalue weighted by atomic mass is 35.5. The highest BCUT2D eigenvalue weighted by Gasteiger charge is 2.42. The van der Waals surface area contributed by atoms with Gasteiger partial charge in [-0.15, -0.1) is 0 Å². The van der Waals surface area contributed by atoms with Crippen molar-refractivity contribution < 1.29 is 0 Å². The van der Waals surface area contributed by atoms with Crippen LogP contribution >= 0.6 is 11.6 Å². The van der Waals surface area contributed by atoms with Gasteiger partial charge in [0.05, 0.1) is 0 Å². The Morgan fingerprint density at radius 3 is 2.25 bits per heavy atom. The Hall–Kier alpha value is -0.530. The van der Waals surface area contributed by atoms with Gasteiger partial charge in [-0.05, 0) is 49.8 Å². The average Bonchev–Trinajstić information content (AvgIpc) is 2.99. The van der Waals surface area contributed by atoms with Crippen molar-refractivity contribution in [2.24, 2.45) is 5.41 Å². The Morgan fingerprint density at radius 2 is 1.75 bits per heavy atom. The predicted octanol–water partition coefficient (Wildman–Crippen LogP) is 4.18. The summed E-state index contributed by atoms with van der Waals surface area (Å²) in [5.74, 6) is 0. The Labute approximate surface area is 103 Å². The van der Waals surface area contributed by atoms with E-state index in [1.807, 2.05) is 12.1 Å². The molecule has 0 saturated heterocycles. The van der Waals surface area contributed by atoms with Crippen LogP contribution in [-0.2, 0) is 0 Å². The van der Waals surface area contributed by atoms with E-state index in [4.69, 9.17) is 11.6 Å². The molecular formula is C14H20ClN. The molecule has 2 atom stereocenters. The first-order chi connectivity index (χ1) is 7.51. The second-order valence-electron chi connectivity index (χ2n) is 5.32. The molecule has 1 unspecified atom stereocenters. The van der Waals surface area contributed by atoms with Gasteiger partial charge in [0.2, 0.25) is 0 Å². The molecule has 0 aliphatic heterocycles. The molecule has 0 heterocycles. The molecular weight excluding hydrogens is 218 g/mol. The molecule has 1 saturated carbocycles. The first kappa shape index (κ1) is 11.9. The van der Waals surface area contributed by atoms with Gasteiger partial charge in [-0.3, -0.25) is 0 Å². The molecule has 0 amide bonds. The van der Waals surface area contributed by atoms with Crippen LogP contribution in [0, 0.1) is 5.41 Å². The Balaban J connectivity index is 1.97. The summed E-state index contributed by atoms with van der Waals surface area (Å²) < 4.78 is 0. The highest BCUT2D eigenvalue weighted by molar-refractivity contribution is 6.30. The van der Waals surface area contributed by atoms with E-state index in [9.17, 15) is 0 Å². The zero-order valence-electron chi connectivity index (χ0n) is 10.3. The van der Waals surface area contributed by atoms with Gasteiger partial charge in [-0.1, -0.05) is 30.7 Å². The van der Waals surface area contributed by atoms with Gasteiger partial charge in [-0.25, -0.2) is 0 Å². The molecule has 1 aromatic carbocycles. The summed E-state index contributed by atoms with van der Waals surface area (Å²) in [5.41, 5.74) is 1.83. The first-order valence-electron chi connectivity index (χ1n) is 6.03. The maximum atomic E-state index is 5.88. The van der Waals surface area contributed by atoms with Crippen molar-refractivity contribution in [1.29, 1.82) is 0 Å². The summed E-state index contributed by atoms with van der Waals surface area (Å²) in [6.07, 6.45) is 2.71. The molecule has 2 rings (SSSR count). The van der Waals surface area contributed by atoms with Crippen molar-refractivity contribution in [3.8, 4) is 0 Å². The summed E-state index contributed by atoms with van der Waals surface area (Å²) in [4.78, 5) is 0. The van der Waals surface area contributed by atoms with E-state index in [-0.39, 0.29) is 0 Å². The summed E-state index contributed by atoms with van der Waals surface area (Å²) in [7, 11) is 0. The Bertz CT molecular complexity index is 354. The van der Waals surface area contributed by atoms with E-state index in [2.05, 4.69) is 38.2 Å². The number of rotatable bonds is 4. The van der Waals surface area contributed by atoms with Crippen molar-refractivity contribution in [3.63, 3.8) is 0 Å². The molecule has 2 heteroatoms. The van der Waals surface area contributed by atoms with Crippen molar-refractivity contribution in [3.05, 3.63) is 34.9 Å². The van der Waals surface area contributed by atoms with Gasteiger partial charge in [0.15, 0.2) is 0 Å². The van der Waals surface area contributed by atoms with Gasteiger partial charge in [0, 0.05) is 17.1 Å². The average molecular weight is 238 g/mol. The lowest BCUT2D eigenvalue weighted by Gasteiger charge is -2.25.